The number of halogens is 4. The van der Waals surface area contributed by atoms with Gasteiger partial charge in [0.25, 0.3) is 0 Å². The predicted octanol–water partition coefficient (Wildman–Crippen LogP) is 0.106. The number of ether oxygens (including phenoxy) is 1. The molecule has 0 unspecified atom stereocenters. The number of aliphatic hydroxyl groups excluding tert-OH is 2. The van der Waals surface area contributed by atoms with E-state index in [-0.39, 0.29) is 30.0 Å². The van der Waals surface area contributed by atoms with Gasteiger partial charge >= 0.3 is 11.9 Å². The van der Waals surface area contributed by atoms with Crippen LogP contribution in [0.3, 0.4) is 0 Å². The first-order valence-electron chi connectivity index (χ1n) is 8.48. The van der Waals surface area contributed by atoms with Crippen LogP contribution in [0.4, 0.5) is 23.5 Å². The zero-order chi connectivity index (χ0) is 20.4. The maximum atomic E-state index is 14.1. The average molecular weight is 407 g/mol. The molecule has 1 saturated heterocycles. The summed E-state index contributed by atoms with van der Waals surface area (Å²) < 4.78 is 61.1. The first-order chi connectivity index (χ1) is 13.1. The van der Waals surface area contributed by atoms with Crippen LogP contribution in [0.1, 0.15) is 19.1 Å². The Morgan fingerprint density at radius 1 is 1.39 bits per heavy atom. The molecule has 1 aliphatic carbocycles. The fourth-order valence-corrected chi connectivity index (χ4v) is 3.51. The molecule has 1 saturated carbocycles. The lowest BCUT2D eigenvalue weighted by Gasteiger charge is -2.19. The van der Waals surface area contributed by atoms with Crippen molar-refractivity contribution in [2.24, 2.45) is 5.41 Å². The van der Waals surface area contributed by atoms with Crippen LogP contribution in [0.25, 0.3) is 11.2 Å². The number of hydrogen-bond acceptors (Lipinski definition) is 7. The van der Waals surface area contributed by atoms with Gasteiger partial charge < -0.3 is 20.7 Å². The van der Waals surface area contributed by atoms with Crippen molar-refractivity contribution in [1.82, 2.24) is 19.1 Å². The minimum Gasteiger partial charge on any atom is -0.394 e. The molecule has 2 fully saturated rings. The van der Waals surface area contributed by atoms with Crippen molar-refractivity contribution >= 4 is 17.1 Å². The number of fused-ring (bicyclic) bond motifs is 1. The van der Waals surface area contributed by atoms with Gasteiger partial charge in [0, 0.05) is 6.54 Å². The number of alkyl halides is 4. The van der Waals surface area contributed by atoms with Gasteiger partial charge in [0.1, 0.15) is 17.7 Å². The summed E-state index contributed by atoms with van der Waals surface area (Å²) in [6.07, 6.45) is -10.5. The molecule has 0 spiro atoms. The molecular formula is C15H17F4N5O4. The molecule has 9 nitrogen and oxygen atoms in total. The minimum absolute atomic E-state index is 0.0478. The fourth-order valence-electron chi connectivity index (χ4n) is 3.51. The largest absolute Gasteiger partial charge is 0.396 e. The first-order valence-corrected chi connectivity index (χ1v) is 8.48. The standard InChI is InChI=1S/C15H17F4N5O4/c16-8-7(4-25)28-11(9(8)26)24-10-6(3-21-12(20)22-10)23(13(24)27)5-14(1-2-14)15(17,18)19/h3,7-9,11,25-26H,1-2,4-5H2,(H2,20,21,22)/t7-,8-,9-,11-/m1/s1. The Hall–Kier alpha value is -2.25. The van der Waals surface area contributed by atoms with Crippen LogP contribution < -0.4 is 11.4 Å². The lowest BCUT2D eigenvalue weighted by atomic mass is 10.1. The van der Waals surface area contributed by atoms with Gasteiger partial charge in [-0.3, -0.25) is 4.57 Å². The van der Waals surface area contributed by atoms with Gasteiger partial charge in [-0.2, -0.15) is 18.2 Å². The topological polar surface area (TPSA) is 128 Å². The van der Waals surface area contributed by atoms with Gasteiger partial charge in [0.15, 0.2) is 18.0 Å². The lowest BCUT2D eigenvalue weighted by molar-refractivity contribution is -0.190. The van der Waals surface area contributed by atoms with Crippen LogP contribution in [0, 0.1) is 5.41 Å². The van der Waals surface area contributed by atoms with E-state index in [4.69, 9.17) is 15.6 Å². The molecule has 154 valence electrons. The number of hydrogen-bond donors (Lipinski definition) is 3. The van der Waals surface area contributed by atoms with Crippen LogP contribution in [0.2, 0.25) is 0 Å². The normalized spacial score (nSPS) is 29.5. The van der Waals surface area contributed by atoms with Crippen LogP contribution >= 0.6 is 0 Å². The van der Waals surface area contributed by atoms with Crippen molar-refractivity contribution in [2.75, 3.05) is 12.3 Å². The van der Waals surface area contributed by atoms with E-state index in [0.717, 1.165) is 15.3 Å². The third-order valence-corrected chi connectivity index (χ3v) is 5.36. The van der Waals surface area contributed by atoms with Gasteiger partial charge in [0.05, 0.1) is 18.2 Å². The van der Waals surface area contributed by atoms with Crippen molar-refractivity contribution in [3.63, 3.8) is 0 Å². The molecule has 13 heteroatoms. The molecule has 4 rings (SSSR count). The molecular weight excluding hydrogens is 390 g/mol. The van der Waals surface area contributed by atoms with Crippen LogP contribution in [0.15, 0.2) is 11.0 Å². The fraction of sp³-hybridized carbons (Fsp3) is 0.667. The second kappa shape index (κ2) is 6.12. The Labute approximate surface area is 154 Å². The highest BCUT2D eigenvalue weighted by Crippen LogP contribution is 2.58. The number of imidazole rings is 1. The smallest absolute Gasteiger partial charge is 0.394 e. The van der Waals surface area contributed by atoms with Gasteiger partial charge in [-0.05, 0) is 12.8 Å². The highest BCUT2D eigenvalue weighted by Gasteiger charge is 2.63. The van der Waals surface area contributed by atoms with Gasteiger partial charge in [0.2, 0.25) is 5.95 Å². The van der Waals surface area contributed by atoms with E-state index >= 15 is 0 Å². The van der Waals surface area contributed by atoms with E-state index in [9.17, 15) is 27.5 Å². The maximum absolute atomic E-state index is 14.1. The number of nitrogens with two attached hydrogens (primary N) is 1. The molecule has 2 aromatic heterocycles. The van der Waals surface area contributed by atoms with E-state index in [2.05, 4.69) is 9.97 Å². The molecule has 4 atom stereocenters. The van der Waals surface area contributed by atoms with Crippen LogP contribution in [0.5, 0.6) is 0 Å². The van der Waals surface area contributed by atoms with Crippen LogP contribution in [-0.2, 0) is 11.3 Å². The molecule has 0 radical (unpaired) electrons. The van der Waals surface area contributed by atoms with Crippen molar-refractivity contribution in [1.29, 1.82) is 0 Å². The number of anilines is 1. The molecule has 2 aromatic rings. The predicted molar refractivity (Wildman–Crippen MR) is 85.8 cm³/mol. The van der Waals surface area contributed by atoms with E-state index in [1.54, 1.807) is 0 Å². The summed E-state index contributed by atoms with van der Waals surface area (Å²) in [4.78, 5) is 20.5. The summed E-state index contributed by atoms with van der Waals surface area (Å²) in [5, 5.41) is 19.3. The minimum atomic E-state index is -4.51. The van der Waals surface area contributed by atoms with Gasteiger partial charge in [-0.15, -0.1) is 0 Å². The molecule has 28 heavy (non-hydrogen) atoms. The monoisotopic (exact) mass is 407 g/mol. The summed E-state index contributed by atoms with van der Waals surface area (Å²) in [6, 6.07) is 0. The van der Waals surface area contributed by atoms with Gasteiger partial charge in [-0.1, -0.05) is 0 Å². The molecule has 1 aliphatic heterocycles. The second-order valence-corrected chi connectivity index (χ2v) is 7.14. The number of aliphatic hydroxyl groups is 2. The van der Waals surface area contributed by atoms with Crippen molar-refractivity contribution in [3.8, 4) is 0 Å². The SMILES string of the molecule is Nc1ncc2c(n1)n([C@@H]1O[C@H](CO)[C@@H](F)[C@H]1O)c(=O)n2CC1(C(F)(F)F)CC1. The van der Waals surface area contributed by atoms with Crippen molar-refractivity contribution in [3.05, 3.63) is 16.7 Å². The maximum Gasteiger partial charge on any atom is 0.396 e. The second-order valence-electron chi connectivity index (χ2n) is 7.14. The third kappa shape index (κ3) is 2.68. The van der Waals surface area contributed by atoms with E-state index in [0.29, 0.717) is 0 Å². The Balaban J connectivity index is 1.86. The van der Waals surface area contributed by atoms with E-state index < -0.39 is 55.0 Å². The highest BCUT2D eigenvalue weighted by molar-refractivity contribution is 5.72. The number of nitrogen functional groups attached to an aromatic ring is 1. The lowest BCUT2D eigenvalue weighted by Crippen LogP contribution is -2.37. The van der Waals surface area contributed by atoms with Crippen molar-refractivity contribution < 1.29 is 32.5 Å². The number of rotatable bonds is 4. The number of nitrogens with zero attached hydrogens (tertiary/aromatic N) is 4. The number of aromatic nitrogens is 4. The van der Waals surface area contributed by atoms with Crippen molar-refractivity contribution in [2.45, 2.75) is 50.2 Å². The molecule has 0 amide bonds. The van der Waals surface area contributed by atoms with E-state index in [1.165, 1.54) is 0 Å². The Bertz CT molecular complexity index is 970. The highest BCUT2D eigenvalue weighted by atomic mass is 19.4. The summed E-state index contributed by atoms with van der Waals surface area (Å²) in [6.45, 7) is -1.42. The molecule has 4 N–H and O–H groups in total. The Morgan fingerprint density at radius 3 is 2.61 bits per heavy atom. The zero-order valence-electron chi connectivity index (χ0n) is 14.3. The Morgan fingerprint density at radius 2 is 2.07 bits per heavy atom. The Kier molecular flexibility index (Phi) is 4.17. The van der Waals surface area contributed by atoms with Gasteiger partial charge in [-0.25, -0.2) is 18.7 Å². The van der Waals surface area contributed by atoms with Crippen LogP contribution in [-0.4, -0.2) is 60.5 Å². The summed E-state index contributed by atoms with van der Waals surface area (Å²) in [5.41, 5.74) is 2.28. The zero-order valence-corrected chi connectivity index (χ0v) is 14.3. The quantitative estimate of drug-likeness (QED) is 0.614. The average Bonchev–Trinajstić information content (AvgIpc) is 3.32. The summed E-state index contributed by atoms with van der Waals surface area (Å²) in [5.74, 6) is -0.265. The first kappa shape index (κ1) is 19.1. The molecule has 0 aromatic carbocycles. The summed E-state index contributed by atoms with van der Waals surface area (Å²) in [7, 11) is 0. The molecule has 0 bridgehead atoms. The van der Waals surface area contributed by atoms with E-state index in [1.807, 2.05) is 0 Å². The molecule has 3 heterocycles. The molecule has 2 aliphatic rings. The third-order valence-electron chi connectivity index (χ3n) is 5.36. The summed E-state index contributed by atoms with van der Waals surface area (Å²) >= 11 is 0.